The van der Waals surface area contributed by atoms with E-state index in [1.54, 1.807) is 32.4 Å². The Morgan fingerprint density at radius 3 is 2.48 bits per heavy atom. The first-order valence-electron chi connectivity index (χ1n) is 10.9. The van der Waals surface area contributed by atoms with Gasteiger partial charge in [-0.2, -0.15) is 5.26 Å². The molecule has 0 aliphatic carbocycles. The van der Waals surface area contributed by atoms with Gasteiger partial charge in [-0.1, -0.05) is 36.4 Å². The molecule has 0 spiro atoms. The number of pyridine rings is 2. The summed E-state index contributed by atoms with van der Waals surface area (Å²) < 4.78 is 10.6. The zero-order chi connectivity index (χ0) is 23.6. The van der Waals surface area contributed by atoms with Crippen molar-refractivity contribution in [2.45, 2.75) is 32.2 Å². The molecule has 0 aliphatic rings. The van der Waals surface area contributed by atoms with E-state index in [-0.39, 0.29) is 23.3 Å². The zero-order valence-corrected chi connectivity index (χ0v) is 19.2. The molecule has 1 aromatic carbocycles. The second-order valence-electron chi connectivity index (χ2n) is 7.66. The van der Waals surface area contributed by atoms with Crippen LogP contribution in [0.4, 0.5) is 0 Å². The molecule has 3 rings (SSSR count). The Labute approximate surface area is 194 Å². The summed E-state index contributed by atoms with van der Waals surface area (Å²) in [7, 11) is 3.11. The van der Waals surface area contributed by atoms with Crippen LogP contribution in [0.15, 0.2) is 60.7 Å². The van der Waals surface area contributed by atoms with Crippen molar-refractivity contribution in [3.63, 3.8) is 0 Å². The average molecular weight is 445 g/mol. The average Bonchev–Trinajstić information content (AvgIpc) is 2.87. The molecule has 3 aromatic rings. The van der Waals surface area contributed by atoms with E-state index in [9.17, 15) is 10.1 Å². The number of methoxy groups -OCH3 is 2. The highest BCUT2D eigenvalue weighted by Crippen LogP contribution is 2.24. The summed E-state index contributed by atoms with van der Waals surface area (Å²) in [5.41, 5.74) is 2.50. The van der Waals surface area contributed by atoms with Crippen LogP contribution in [0.2, 0.25) is 0 Å². The molecule has 0 fully saturated rings. The predicted molar refractivity (Wildman–Crippen MR) is 125 cm³/mol. The van der Waals surface area contributed by atoms with E-state index in [2.05, 4.69) is 22.1 Å². The SMILES string of the molecule is COc1ccc(CCN(C(=O)c2cccc(C#N)n2)C(C)CCc2ccccc2)nc1OC. The molecule has 7 heteroatoms. The number of benzene rings is 1. The standard InChI is InChI=1S/C26H28N4O3/c1-19(12-13-20-8-5-4-6-9-20)30(26(31)23-11-7-10-22(18-27)28-23)17-16-21-14-15-24(32-2)25(29-21)33-3/h4-11,14-15,19H,12-13,16-17H2,1-3H3. The number of nitrogens with zero attached hydrogens (tertiary/aromatic N) is 4. The van der Waals surface area contributed by atoms with Gasteiger partial charge in [0, 0.05) is 24.7 Å². The summed E-state index contributed by atoms with van der Waals surface area (Å²) >= 11 is 0. The first-order valence-corrected chi connectivity index (χ1v) is 10.9. The third-order valence-corrected chi connectivity index (χ3v) is 5.47. The lowest BCUT2D eigenvalue weighted by Crippen LogP contribution is -2.41. The molecule has 0 bridgehead atoms. The Kier molecular flexibility index (Phi) is 8.36. The highest BCUT2D eigenvalue weighted by Gasteiger charge is 2.23. The van der Waals surface area contributed by atoms with Crippen LogP contribution < -0.4 is 9.47 Å². The smallest absolute Gasteiger partial charge is 0.272 e. The van der Waals surface area contributed by atoms with Gasteiger partial charge < -0.3 is 14.4 Å². The topological polar surface area (TPSA) is 88.3 Å². The van der Waals surface area contributed by atoms with Crippen LogP contribution in [0.5, 0.6) is 11.6 Å². The Balaban J connectivity index is 1.79. The van der Waals surface area contributed by atoms with Gasteiger partial charge in [0.1, 0.15) is 17.5 Å². The summed E-state index contributed by atoms with van der Waals surface area (Å²) in [6.07, 6.45) is 2.19. The van der Waals surface area contributed by atoms with Gasteiger partial charge in [0.25, 0.3) is 11.8 Å². The molecule has 0 radical (unpaired) electrons. The Morgan fingerprint density at radius 2 is 1.79 bits per heavy atom. The zero-order valence-electron chi connectivity index (χ0n) is 19.2. The van der Waals surface area contributed by atoms with Crippen molar-refractivity contribution in [1.82, 2.24) is 14.9 Å². The molecule has 170 valence electrons. The molecule has 2 aromatic heterocycles. The van der Waals surface area contributed by atoms with Gasteiger partial charge in [-0.15, -0.1) is 0 Å². The summed E-state index contributed by atoms with van der Waals surface area (Å²) in [5.74, 6) is 0.768. The number of nitriles is 1. The summed E-state index contributed by atoms with van der Waals surface area (Å²) in [6.45, 7) is 2.49. The molecular formula is C26H28N4O3. The third-order valence-electron chi connectivity index (χ3n) is 5.47. The molecule has 0 aliphatic heterocycles. The fraction of sp³-hybridized carbons (Fsp3) is 0.308. The van der Waals surface area contributed by atoms with Crippen LogP contribution in [-0.4, -0.2) is 47.6 Å². The molecule has 0 saturated carbocycles. The maximum absolute atomic E-state index is 13.4. The predicted octanol–water partition coefficient (Wildman–Crippen LogP) is 4.07. The van der Waals surface area contributed by atoms with E-state index in [0.29, 0.717) is 24.6 Å². The van der Waals surface area contributed by atoms with Crippen molar-refractivity contribution >= 4 is 5.91 Å². The largest absolute Gasteiger partial charge is 0.491 e. The van der Waals surface area contributed by atoms with Crippen LogP contribution in [-0.2, 0) is 12.8 Å². The number of rotatable bonds is 10. The van der Waals surface area contributed by atoms with Crippen LogP contribution in [0.1, 0.15) is 40.8 Å². The van der Waals surface area contributed by atoms with E-state index in [1.807, 2.05) is 48.2 Å². The van der Waals surface area contributed by atoms with Crippen molar-refractivity contribution in [2.75, 3.05) is 20.8 Å². The van der Waals surface area contributed by atoms with Gasteiger partial charge >= 0.3 is 0 Å². The lowest BCUT2D eigenvalue weighted by Gasteiger charge is -2.29. The molecule has 1 atom stereocenters. The number of ether oxygens (including phenoxy) is 2. The fourth-order valence-electron chi connectivity index (χ4n) is 3.60. The molecule has 2 heterocycles. The van der Waals surface area contributed by atoms with Crippen molar-refractivity contribution in [3.05, 3.63) is 83.3 Å². The first-order chi connectivity index (χ1) is 16.0. The van der Waals surface area contributed by atoms with E-state index < -0.39 is 0 Å². The van der Waals surface area contributed by atoms with Crippen molar-refractivity contribution in [3.8, 4) is 17.7 Å². The van der Waals surface area contributed by atoms with Crippen molar-refractivity contribution < 1.29 is 14.3 Å². The second-order valence-corrected chi connectivity index (χ2v) is 7.66. The van der Waals surface area contributed by atoms with Gasteiger partial charge in [0.15, 0.2) is 5.75 Å². The van der Waals surface area contributed by atoms with Gasteiger partial charge in [-0.3, -0.25) is 4.79 Å². The van der Waals surface area contributed by atoms with Gasteiger partial charge in [0.2, 0.25) is 0 Å². The molecule has 7 nitrogen and oxygen atoms in total. The minimum Gasteiger partial charge on any atom is -0.491 e. The number of amides is 1. The Hall–Kier alpha value is -3.92. The maximum atomic E-state index is 13.4. The highest BCUT2D eigenvalue weighted by atomic mass is 16.5. The Bertz CT molecular complexity index is 1110. The molecule has 0 N–H and O–H groups in total. The summed E-state index contributed by atoms with van der Waals surface area (Å²) in [5, 5.41) is 9.18. The second kappa shape index (κ2) is 11.6. The van der Waals surface area contributed by atoms with Crippen LogP contribution in [0.25, 0.3) is 0 Å². The normalized spacial score (nSPS) is 11.3. The third kappa shape index (κ3) is 6.30. The molecule has 1 unspecified atom stereocenters. The van der Waals surface area contributed by atoms with Gasteiger partial charge in [-0.05, 0) is 49.6 Å². The molecule has 33 heavy (non-hydrogen) atoms. The summed E-state index contributed by atoms with van der Waals surface area (Å²) in [6, 6.07) is 20.8. The molecule has 0 saturated heterocycles. The quantitative estimate of drug-likeness (QED) is 0.468. The lowest BCUT2D eigenvalue weighted by atomic mass is 10.0. The number of hydrogen-bond acceptors (Lipinski definition) is 6. The summed E-state index contributed by atoms with van der Waals surface area (Å²) in [4.78, 5) is 23.9. The Morgan fingerprint density at radius 1 is 1.00 bits per heavy atom. The number of carbonyl (C=O) groups excluding carboxylic acids is 1. The molecular weight excluding hydrogens is 416 g/mol. The van der Waals surface area contributed by atoms with Crippen LogP contribution in [0, 0.1) is 11.3 Å². The maximum Gasteiger partial charge on any atom is 0.272 e. The van der Waals surface area contributed by atoms with E-state index >= 15 is 0 Å². The van der Waals surface area contributed by atoms with E-state index in [0.717, 1.165) is 18.5 Å². The van der Waals surface area contributed by atoms with Gasteiger partial charge in [0.05, 0.1) is 14.2 Å². The monoisotopic (exact) mass is 444 g/mol. The lowest BCUT2D eigenvalue weighted by molar-refractivity contribution is 0.0680. The van der Waals surface area contributed by atoms with Crippen molar-refractivity contribution in [1.29, 1.82) is 5.26 Å². The minimum absolute atomic E-state index is 0.0367. The van der Waals surface area contributed by atoms with Crippen molar-refractivity contribution in [2.24, 2.45) is 0 Å². The highest BCUT2D eigenvalue weighted by molar-refractivity contribution is 5.92. The number of aromatic nitrogens is 2. The number of carbonyl (C=O) groups is 1. The fourth-order valence-corrected chi connectivity index (χ4v) is 3.60. The van der Waals surface area contributed by atoms with E-state index in [4.69, 9.17) is 9.47 Å². The number of aryl methyl sites for hydroxylation is 1. The number of hydrogen-bond donors (Lipinski definition) is 0. The van der Waals surface area contributed by atoms with E-state index in [1.165, 1.54) is 5.56 Å². The minimum atomic E-state index is -0.201. The van der Waals surface area contributed by atoms with Gasteiger partial charge in [-0.25, -0.2) is 9.97 Å². The molecule has 1 amide bonds. The first kappa shape index (κ1) is 23.7. The van der Waals surface area contributed by atoms with Crippen LogP contribution in [0.3, 0.4) is 0 Å². The van der Waals surface area contributed by atoms with Crippen LogP contribution >= 0.6 is 0 Å².